The summed E-state index contributed by atoms with van der Waals surface area (Å²) in [5, 5.41) is 12.0. The number of rotatable bonds is 5. The predicted molar refractivity (Wildman–Crippen MR) is 106 cm³/mol. The van der Waals surface area contributed by atoms with Gasteiger partial charge in [0.25, 0.3) is 0 Å². The fraction of sp³-hybridized carbons (Fsp3) is 0. The number of primary sulfonamides is 1. The van der Waals surface area contributed by atoms with Gasteiger partial charge in [0.05, 0.1) is 15.1 Å². The van der Waals surface area contributed by atoms with Gasteiger partial charge in [-0.3, -0.25) is 0 Å². The van der Waals surface area contributed by atoms with Crippen LogP contribution in [0.2, 0.25) is 0 Å². The summed E-state index contributed by atoms with van der Waals surface area (Å²) in [6.07, 6.45) is 1.61. The number of nitrogens with one attached hydrogen (secondary N) is 2. The number of benzene rings is 2. The van der Waals surface area contributed by atoms with E-state index in [0.717, 1.165) is 15.3 Å². The van der Waals surface area contributed by atoms with Gasteiger partial charge >= 0.3 is 0 Å². The molecule has 0 bridgehead atoms. The molecule has 0 amide bonds. The van der Waals surface area contributed by atoms with Gasteiger partial charge in [-0.05, 0) is 42.5 Å². The molecule has 0 saturated heterocycles. The van der Waals surface area contributed by atoms with E-state index >= 15 is 0 Å². The zero-order chi connectivity index (χ0) is 18.9. The van der Waals surface area contributed by atoms with Crippen LogP contribution in [0.5, 0.6) is 0 Å². The Bertz CT molecular complexity index is 1170. The molecule has 0 saturated carbocycles. The monoisotopic (exact) mass is 398 g/mol. The molecule has 0 atom stereocenters. The first-order valence-corrected chi connectivity index (χ1v) is 10.2. The van der Waals surface area contributed by atoms with Gasteiger partial charge in [0.2, 0.25) is 16.0 Å². The van der Waals surface area contributed by atoms with Crippen molar-refractivity contribution >= 4 is 54.2 Å². The van der Waals surface area contributed by atoms with Crippen molar-refractivity contribution in [3.05, 3.63) is 60.8 Å². The van der Waals surface area contributed by atoms with Crippen molar-refractivity contribution in [3.8, 4) is 0 Å². The summed E-state index contributed by atoms with van der Waals surface area (Å²) in [7, 11) is -3.72. The molecule has 2 aromatic heterocycles. The summed E-state index contributed by atoms with van der Waals surface area (Å²) in [5.74, 6) is 0.956. The molecule has 0 spiro atoms. The molecule has 8 nitrogen and oxygen atoms in total. The molecule has 0 aliphatic heterocycles. The van der Waals surface area contributed by atoms with Gasteiger partial charge < -0.3 is 10.6 Å². The highest BCUT2D eigenvalue weighted by atomic mass is 32.2. The van der Waals surface area contributed by atoms with E-state index in [1.807, 2.05) is 24.3 Å². The van der Waals surface area contributed by atoms with Crippen molar-refractivity contribution < 1.29 is 8.42 Å². The van der Waals surface area contributed by atoms with Crippen molar-refractivity contribution in [2.24, 2.45) is 5.14 Å². The Balaban J connectivity index is 1.52. The van der Waals surface area contributed by atoms with Crippen LogP contribution in [0.1, 0.15) is 0 Å². The lowest BCUT2D eigenvalue weighted by atomic mass is 10.3. The fourth-order valence-corrected chi connectivity index (χ4v) is 3.77. The number of para-hydroxylation sites is 1. The third kappa shape index (κ3) is 4.03. The molecule has 2 heterocycles. The number of nitrogens with zero attached hydrogens (tertiary/aromatic N) is 3. The zero-order valence-electron chi connectivity index (χ0n) is 13.8. The number of fused-ring (bicyclic) bond motifs is 1. The molecule has 0 unspecified atom stereocenters. The van der Waals surface area contributed by atoms with Crippen LogP contribution in [0.4, 0.5) is 22.6 Å². The van der Waals surface area contributed by atoms with Crippen molar-refractivity contribution in [3.63, 3.8) is 0 Å². The van der Waals surface area contributed by atoms with Gasteiger partial charge in [-0.25, -0.2) is 23.5 Å². The van der Waals surface area contributed by atoms with Crippen LogP contribution >= 0.6 is 11.3 Å². The van der Waals surface area contributed by atoms with E-state index in [1.54, 1.807) is 24.4 Å². The van der Waals surface area contributed by atoms with E-state index in [0.29, 0.717) is 17.5 Å². The molecule has 0 radical (unpaired) electrons. The Morgan fingerprint density at radius 3 is 2.44 bits per heavy atom. The number of nitrogens with two attached hydrogens (primary N) is 1. The lowest BCUT2D eigenvalue weighted by Crippen LogP contribution is -2.11. The first-order chi connectivity index (χ1) is 13.0. The molecule has 2 aromatic carbocycles. The van der Waals surface area contributed by atoms with E-state index in [2.05, 4.69) is 25.6 Å². The first-order valence-electron chi connectivity index (χ1n) is 7.83. The average molecular weight is 398 g/mol. The van der Waals surface area contributed by atoms with Crippen LogP contribution in [-0.2, 0) is 10.0 Å². The molecule has 27 heavy (non-hydrogen) atoms. The van der Waals surface area contributed by atoms with E-state index in [-0.39, 0.29) is 4.90 Å². The molecule has 4 aromatic rings. The number of sulfonamides is 1. The smallest absolute Gasteiger partial charge is 0.238 e. The molecule has 4 rings (SSSR count). The average Bonchev–Trinajstić information content (AvgIpc) is 3.04. The summed E-state index contributed by atoms with van der Waals surface area (Å²) in [6.45, 7) is 0. The van der Waals surface area contributed by atoms with Crippen molar-refractivity contribution in [1.82, 2.24) is 15.0 Å². The maximum atomic E-state index is 11.3. The highest BCUT2D eigenvalue weighted by Crippen LogP contribution is 2.27. The Morgan fingerprint density at radius 1 is 0.926 bits per heavy atom. The molecule has 10 heteroatoms. The van der Waals surface area contributed by atoms with E-state index in [4.69, 9.17) is 5.14 Å². The van der Waals surface area contributed by atoms with Crippen LogP contribution < -0.4 is 15.8 Å². The SMILES string of the molecule is NS(=O)(=O)c1ccc(Nc2nccc(Nc3nc4ccccc4s3)n2)cc1. The van der Waals surface area contributed by atoms with Gasteiger partial charge in [0.1, 0.15) is 5.82 Å². The molecule has 0 aliphatic rings. The standard InChI is InChI=1S/C17H14N6O2S2/c18-27(24,25)12-7-5-11(6-8-12)20-16-19-10-9-15(22-16)23-17-21-13-3-1-2-4-14(13)26-17/h1-10H,(H2,18,24,25)(H2,19,20,21,22,23). The summed E-state index contributed by atoms with van der Waals surface area (Å²) < 4.78 is 23.7. The van der Waals surface area contributed by atoms with Crippen LogP contribution in [0.15, 0.2) is 65.7 Å². The third-order valence-corrected chi connectivity index (χ3v) is 5.50. The largest absolute Gasteiger partial charge is 0.324 e. The maximum Gasteiger partial charge on any atom is 0.238 e. The highest BCUT2D eigenvalue weighted by molar-refractivity contribution is 7.89. The third-order valence-electron chi connectivity index (χ3n) is 3.62. The summed E-state index contributed by atoms with van der Waals surface area (Å²) in [6, 6.07) is 15.6. The van der Waals surface area contributed by atoms with Gasteiger partial charge in [-0.15, -0.1) is 0 Å². The number of aromatic nitrogens is 3. The minimum atomic E-state index is -3.72. The second-order valence-electron chi connectivity index (χ2n) is 5.57. The lowest BCUT2D eigenvalue weighted by molar-refractivity contribution is 0.598. The second kappa shape index (κ2) is 6.91. The highest BCUT2D eigenvalue weighted by Gasteiger charge is 2.08. The molecule has 0 fully saturated rings. The summed E-state index contributed by atoms with van der Waals surface area (Å²) in [4.78, 5) is 13.1. The quantitative estimate of drug-likeness (QED) is 0.471. The number of hydrogen-bond donors (Lipinski definition) is 3. The van der Waals surface area contributed by atoms with Crippen LogP contribution in [0.25, 0.3) is 10.2 Å². The maximum absolute atomic E-state index is 11.3. The van der Waals surface area contributed by atoms with Gasteiger partial charge in [0.15, 0.2) is 5.13 Å². The first kappa shape index (κ1) is 17.3. The van der Waals surface area contributed by atoms with Crippen LogP contribution in [0, 0.1) is 0 Å². The van der Waals surface area contributed by atoms with Crippen LogP contribution in [-0.4, -0.2) is 23.4 Å². The van der Waals surface area contributed by atoms with E-state index in [9.17, 15) is 8.42 Å². The Morgan fingerprint density at radius 2 is 1.70 bits per heavy atom. The Hall–Kier alpha value is -3.08. The van der Waals surface area contributed by atoms with Gasteiger partial charge in [-0.2, -0.15) is 4.98 Å². The van der Waals surface area contributed by atoms with Gasteiger partial charge in [-0.1, -0.05) is 23.5 Å². The zero-order valence-corrected chi connectivity index (χ0v) is 15.5. The van der Waals surface area contributed by atoms with Crippen molar-refractivity contribution in [1.29, 1.82) is 0 Å². The molecule has 0 aliphatic carbocycles. The van der Waals surface area contributed by atoms with Crippen molar-refractivity contribution in [2.75, 3.05) is 10.6 Å². The number of anilines is 4. The van der Waals surface area contributed by atoms with E-state index in [1.165, 1.54) is 23.5 Å². The second-order valence-corrected chi connectivity index (χ2v) is 8.16. The predicted octanol–water partition coefficient (Wildman–Crippen LogP) is 3.22. The van der Waals surface area contributed by atoms with Crippen LogP contribution in [0.3, 0.4) is 0 Å². The normalized spacial score (nSPS) is 11.4. The van der Waals surface area contributed by atoms with E-state index < -0.39 is 10.0 Å². The topological polar surface area (TPSA) is 123 Å². The number of thiazole rings is 1. The minimum absolute atomic E-state index is 0.0419. The molecular weight excluding hydrogens is 384 g/mol. The Kier molecular flexibility index (Phi) is 4.44. The minimum Gasteiger partial charge on any atom is -0.324 e. The van der Waals surface area contributed by atoms with Gasteiger partial charge in [0, 0.05) is 11.9 Å². The Labute approximate surface area is 159 Å². The molecule has 136 valence electrons. The fourth-order valence-electron chi connectivity index (χ4n) is 2.38. The lowest BCUT2D eigenvalue weighted by Gasteiger charge is -2.07. The molecule has 4 N–H and O–H groups in total. The summed E-state index contributed by atoms with van der Waals surface area (Å²) in [5.41, 5.74) is 1.56. The summed E-state index contributed by atoms with van der Waals surface area (Å²) >= 11 is 1.53. The molecular formula is C17H14N6O2S2. The van der Waals surface area contributed by atoms with Crippen molar-refractivity contribution in [2.45, 2.75) is 4.90 Å². The number of hydrogen-bond acceptors (Lipinski definition) is 8.